The van der Waals surface area contributed by atoms with Gasteiger partial charge in [-0.3, -0.25) is 4.79 Å². The molecule has 0 aromatic heterocycles. The molecule has 0 aromatic carbocycles. The smallest absolute Gasteiger partial charge is 0.385 e. The summed E-state index contributed by atoms with van der Waals surface area (Å²) in [6.07, 6.45) is -0.808. The fourth-order valence-electron chi connectivity index (χ4n) is 2.64. The zero-order chi connectivity index (χ0) is 13.6. The first kappa shape index (κ1) is 15.5. The van der Waals surface area contributed by atoms with E-state index in [9.17, 15) is 18.0 Å². The van der Waals surface area contributed by atoms with Gasteiger partial charge in [-0.05, 0) is 25.7 Å². The van der Waals surface area contributed by atoms with Gasteiger partial charge in [0.2, 0.25) is 0 Å². The summed E-state index contributed by atoms with van der Waals surface area (Å²) in [7, 11) is 1.57. The first-order chi connectivity index (χ1) is 8.46. The Morgan fingerprint density at radius 1 is 1.22 bits per heavy atom. The fourth-order valence-corrected chi connectivity index (χ4v) is 2.64. The van der Waals surface area contributed by atoms with Crippen LogP contribution in [-0.2, 0) is 9.53 Å². The van der Waals surface area contributed by atoms with Crippen LogP contribution >= 0.6 is 0 Å². The molecule has 1 aliphatic rings. The number of unbranched alkanes of at least 4 members (excludes halogenated alkanes) is 1. The van der Waals surface area contributed by atoms with Crippen LogP contribution in [0, 0.1) is 11.8 Å². The van der Waals surface area contributed by atoms with Crippen molar-refractivity contribution in [2.24, 2.45) is 11.8 Å². The van der Waals surface area contributed by atoms with Crippen molar-refractivity contribution in [1.29, 1.82) is 0 Å². The Morgan fingerprint density at radius 2 is 1.89 bits per heavy atom. The molecular formula is C13H21F3O2. The summed E-state index contributed by atoms with van der Waals surface area (Å²) in [5, 5.41) is 0. The number of carbonyl (C=O) groups excluding carboxylic acids is 1. The average molecular weight is 266 g/mol. The predicted octanol–water partition coefficient (Wildman–Crippen LogP) is 3.74. The Labute approximate surface area is 106 Å². The van der Waals surface area contributed by atoms with Crippen LogP contribution in [-0.4, -0.2) is 25.7 Å². The Balaban J connectivity index is 2.47. The van der Waals surface area contributed by atoms with Gasteiger partial charge < -0.3 is 4.74 Å². The molecule has 0 aliphatic heterocycles. The molecule has 1 rings (SSSR count). The molecule has 0 saturated heterocycles. The molecule has 2 atom stereocenters. The third-order valence-corrected chi connectivity index (χ3v) is 3.62. The molecule has 2 nitrogen and oxygen atoms in total. The lowest BCUT2D eigenvalue weighted by atomic mass is 9.75. The molecule has 5 heteroatoms. The topological polar surface area (TPSA) is 26.3 Å². The second kappa shape index (κ2) is 7.12. The molecule has 1 fully saturated rings. The highest BCUT2D eigenvalue weighted by Gasteiger charge is 2.47. The largest absolute Gasteiger partial charge is 0.392 e. The molecule has 1 aliphatic carbocycles. The van der Waals surface area contributed by atoms with E-state index in [-0.39, 0.29) is 18.6 Å². The molecule has 0 spiro atoms. The maximum absolute atomic E-state index is 12.8. The summed E-state index contributed by atoms with van der Waals surface area (Å²) >= 11 is 0. The number of carbonyl (C=O) groups is 1. The zero-order valence-electron chi connectivity index (χ0n) is 10.8. The third kappa shape index (κ3) is 4.59. The lowest BCUT2D eigenvalue weighted by Gasteiger charge is -2.32. The van der Waals surface area contributed by atoms with Crippen LogP contribution in [0.25, 0.3) is 0 Å². The van der Waals surface area contributed by atoms with Crippen LogP contribution in [0.15, 0.2) is 0 Å². The van der Waals surface area contributed by atoms with E-state index in [0.29, 0.717) is 25.9 Å². The molecule has 0 bridgehead atoms. The second-order valence-corrected chi connectivity index (χ2v) is 4.96. The first-order valence-corrected chi connectivity index (χ1v) is 6.55. The van der Waals surface area contributed by atoms with Gasteiger partial charge in [0, 0.05) is 26.1 Å². The summed E-state index contributed by atoms with van der Waals surface area (Å²) in [6, 6.07) is 0. The van der Waals surface area contributed by atoms with E-state index in [2.05, 4.69) is 0 Å². The van der Waals surface area contributed by atoms with E-state index in [1.807, 2.05) is 0 Å². The number of methoxy groups -OCH3 is 1. The van der Waals surface area contributed by atoms with Crippen molar-refractivity contribution in [1.82, 2.24) is 0 Å². The Kier molecular flexibility index (Phi) is 6.12. The molecule has 0 radical (unpaired) electrons. The molecular weight excluding hydrogens is 245 g/mol. The van der Waals surface area contributed by atoms with Crippen LogP contribution in [0.5, 0.6) is 0 Å². The van der Waals surface area contributed by atoms with Crippen LogP contribution in [0.4, 0.5) is 13.2 Å². The van der Waals surface area contributed by atoms with Gasteiger partial charge >= 0.3 is 6.18 Å². The van der Waals surface area contributed by atoms with Crippen molar-refractivity contribution >= 4 is 5.78 Å². The van der Waals surface area contributed by atoms with Crippen LogP contribution in [0.3, 0.4) is 0 Å². The summed E-state index contributed by atoms with van der Waals surface area (Å²) in [6.45, 7) is 0.556. The number of hydrogen-bond donors (Lipinski definition) is 0. The standard InChI is InChI=1S/C13H21F3O2/c1-18-9-5-4-8-12(17)10-6-2-3-7-11(10)13(14,15)16/h10-11H,2-9H2,1H3. The van der Waals surface area contributed by atoms with Crippen molar-refractivity contribution in [3.8, 4) is 0 Å². The van der Waals surface area contributed by atoms with Crippen molar-refractivity contribution in [2.75, 3.05) is 13.7 Å². The number of hydrogen-bond acceptors (Lipinski definition) is 2. The third-order valence-electron chi connectivity index (χ3n) is 3.62. The van der Waals surface area contributed by atoms with E-state index in [1.54, 1.807) is 7.11 Å². The van der Waals surface area contributed by atoms with Gasteiger partial charge in [0.15, 0.2) is 0 Å². The highest BCUT2D eigenvalue weighted by atomic mass is 19.4. The average Bonchev–Trinajstić information content (AvgIpc) is 2.33. The lowest BCUT2D eigenvalue weighted by molar-refractivity contribution is -0.197. The van der Waals surface area contributed by atoms with Crippen molar-refractivity contribution in [2.45, 2.75) is 51.1 Å². The predicted molar refractivity (Wildman–Crippen MR) is 62.2 cm³/mol. The molecule has 1 saturated carbocycles. The monoisotopic (exact) mass is 266 g/mol. The second-order valence-electron chi connectivity index (χ2n) is 4.96. The molecule has 2 unspecified atom stereocenters. The van der Waals surface area contributed by atoms with E-state index in [0.717, 1.165) is 12.8 Å². The Hall–Kier alpha value is -0.580. The highest BCUT2D eigenvalue weighted by Crippen LogP contribution is 2.42. The molecule has 0 amide bonds. The molecule has 0 aromatic rings. The number of halogens is 3. The Bertz CT molecular complexity index is 263. The van der Waals surface area contributed by atoms with Crippen molar-refractivity contribution < 1.29 is 22.7 Å². The summed E-state index contributed by atoms with van der Waals surface area (Å²) < 4.78 is 43.3. The van der Waals surface area contributed by atoms with Gasteiger partial charge in [-0.1, -0.05) is 12.8 Å². The van der Waals surface area contributed by atoms with Gasteiger partial charge in [0.1, 0.15) is 5.78 Å². The maximum Gasteiger partial charge on any atom is 0.392 e. The normalized spacial score (nSPS) is 25.1. The van der Waals surface area contributed by atoms with E-state index in [4.69, 9.17) is 4.74 Å². The SMILES string of the molecule is COCCCCC(=O)C1CCCCC1C(F)(F)F. The summed E-state index contributed by atoms with van der Waals surface area (Å²) in [5.74, 6) is -2.43. The molecule has 106 valence electrons. The zero-order valence-corrected chi connectivity index (χ0v) is 10.8. The number of Topliss-reactive ketones (excluding diaryl/α,β-unsaturated/α-hetero) is 1. The minimum absolute atomic E-state index is 0.109. The summed E-state index contributed by atoms with van der Waals surface area (Å²) in [4.78, 5) is 11.9. The summed E-state index contributed by atoms with van der Waals surface area (Å²) in [5.41, 5.74) is 0. The van der Waals surface area contributed by atoms with Gasteiger partial charge in [0.05, 0.1) is 5.92 Å². The molecule has 0 heterocycles. The Morgan fingerprint density at radius 3 is 2.50 bits per heavy atom. The van der Waals surface area contributed by atoms with Gasteiger partial charge in [0.25, 0.3) is 0 Å². The van der Waals surface area contributed by atoms with E-state index < -0.39 is 18.0 Å². The molecule has 18 heavy (non-hydrogen) atoms. The molecule has 0 N–H and O–H groups in total. The van der Waals surface area contributed by atoms with E-state index >= 15 is 0 Å². The lowest BCUT2D eigenvalue weighted by Crippen LogP contribution is -2.37. The van der Waals surface area contributed by atoms with E-state index in [1.165, 1.54) is 0 Å². The maximum atomic E-state index is 12.8. The van der Waals surface area contributed by atoms with Gasteiger partial charge in [-0.2, -0.15) is 13.2 Å². The van der Waals surface area contributed by atoms with Crippen molar-refractivity contribution in [3.05, 3.63) is 0 Å². The minimum Gasteiger partial charge on any atom is -0.385 e. The first-order valence-electron chi connectivity index (χ1n) is 6.55. The number of alkyl halides is 3. The number of ketones is 1. The van der Waals surface area contributed by atoms with Gasteiger partial charge in [-0.15, -0.1) is 0 Å². The number of rotatable bonds is 6. The number of ether oxygens (including phenoxy) is 1. The van der Waals surface area contributed by atoms with Crippen molar-refractivity contribution in [3.63, 3.8) is 0 Å². The van der Waals surface area contributed by atoms with Crippen LogP contribution < -0.4 is 0 Å². The highest BCUT2D eigenvalue weighted by molar-refractivity contribution is 5.81. The fraction of sp³-hybridized carbons (Fsp3) is 0.923. The quantitative estimate of drug-likeness (QED) is 0.684. The minimum atomic E-state index is -4.23. The van der Waals surface area contributed by atoms with Crippen LogP contribution in [0.1, 0.15) is 44.9 Å². The van der Waals surface area contributed by atoms with Gasteiger partial charge in [-0.25, -0.2) is 0 Å². The van der Waals surface area contributed by atoms with Crippen LogP contribution in [0.2, 0.25) is 0 Å².